The Labute approximate surface area is 178 Å². The molecule has 0 atom stereocenters. The lowest BCUT2D eigenvalue weighted by atomic mass is 9.97. The summed E-state index contributed by atoms with van der Waals surface area (Å²) in [6.45, 7) is 9.51. The van der Waals surface area contributed by atoms with Crippen LogP contribution in [0, 0.1) is 13.8 Å². The van der Waals surface area contributed by atoms with Crippen LogP contribution in [0.15, 0.2) is 34.8 Å². The fourth-order valence-electron chi connectivity index (χ4n) is 3.09. The molecule has 0 saturated heterocycles. The Morgan fingerprint density at radius 3 is 2.59 bits per heavy atom. The van der Waals surface area contributed by atoms with Gasteiger partial charge < -0.3 is 14.3 Å². The van der Waals surface area contributed by atoms with E-state index < -0.39 is 0 Å². The second kappa shape index (κ2) is 12.3. The third-order valence-electron chi connectivity index (χ3n) is 4.63. The van der Waals surface area contributed by atoms with Crippen LogP contribution >= 0.6 is 11.3 Å². The minimum Gasteiger partial charge on any atom is -0.490 e. The number of unbranched alkanes of at least 4 members (excludes halogenated alkanes) is 2. The minimum absolute atomic E-state index is 0.619. The number of allylic oxidation sites excluding steroid dienone is 1. The molecule has 0 N–H and O–H groups in total. The maximum absolute atomic E-state index is 5.77. The number of hydrogen-bond donors (Lipinski definition) is 0. The Morgan fingerprint density at radius 1 is 1.14 bits per heavy atom. The maximum Gasteiger partial charge on any atom is 0.273 e. The van der Waals surface area contributed by atoms with Crippen molar-refractivity contribution in [2.45, 2.75) is 53.4 Å². The van der Waals surface area contributed by atoms with E-state index in [9.17, 15) is 0 Å². The zero-order chi connectivity index (χ0) is 21.1. The molecule has 2 aromatic rings. The molecule has 1 aromatic carbocycles. The predicted molar refractivity (Wildman–Crippen MR) is 121 cm³/mol. The third-order valence-corrected chi connectivity index (χ3v) is 5.38. The average molecular weight is 417 g/mol. The standard InChI is InChI=1S/C23H32N2O3S/c1-6-7-12-27-20-14-17(2)21(18(3)15-20)11-9-8-10-13-28-23-24-22(16-29-23)19(4)25-26-5/h6-7,14-16H,8-13H2,1-5H3/b7-6+,25-19+. The van der Waals surface area contributed by atoms with E-state index in [-0.39, 0.29) is 0 Å². The maximum atomic E-state index is 5.77. The van der Waals surface area contributed by atoms with Crippen LogP contribution in [-0.4, -0.2) is 31.0 Å². The van der Waals surface area contributed by atoms with Gasteiger partial charge in [-0.15, -0.1) is 0 Å². The van der Waals surface area contributed by atoms with Gasteiger partial charge in [0, 0.05) is 5.38 Å². The van der Waals surface area contributed by atoms with Gasteiger partial charge in [-0.25, -0.2) is 4.98 Å². The van der Waals surface area contributed by atoms with Gasteiger partial charge in [-0.1, -0.05) is 28.6 Å². The Kier molecular flexibility index (Phi) is 9.71. The number of oxime groups is 1. The highest BCUT2D eigenvalue weighted by molar-refractivity contribution is 7.11. The van der Waals surface area contributed by atoms with E-state index >= 15 is 0 Å². The van der Waals surface area contributed by atoms with Crippen molar-refractivity contribution in [2.24, 2.45) is 5.16 Å². The number of ether oxygens (including phenoxy) is 2. The van der Waals surface area contributed by atoms with Crippen molar-refractivity contribution in [1.82, 2.24) is 4.98 Å². The van der Waals surface area contributed by atoms with Crippen LogP contribution in [0.25, 0.3) is 0 Å². The molecule has 158 valence electrons. The van der Waals surface area contributed by atoms with Crippen molar-refractivity contribution >= 4 is 17.0 Å². The minimum atomic E-state index is 0.619. The van der Waals surface area contributed by atoms with Crippen molar-refractivity contribution in [3.8, 4) is 10.9 Å². The Bertz CT molecular complexity index is 804. The second-order valence-corrected chi connectivity index (χ2v) is 7.75. The first-order chi connectivity index (χ1) is 14.0. The topological polar surface area (TPSA) is 52.9 Å². The number of benzene rings is 1. The summed E-state index contributed by atoms with van der Waals surface area (Å²) in [7, 11) is 1.53. The van der Waals surface area contributed by atoms with E-state index in [1.165, 1.54) is 35.1 Å². The molecule has 29 heavy (non-hydrogen) atoms. The van der Waals surface area contributed by atoms with Gasteiger partial charge >= 0.3 is 0 Å². The number of rotatable bonds is 12. The molecule has 0 unspecified atom stereocenters. The van der Waals surface area contributed by atoms with Crippen LogP contribution in [0.2, 0.25) is 0 Å². The molecule has 0 aliphatic heterocycles. The Balaban J connectivity index is 1.72. The van der Waals surface area contributed by atoms with E-state index in [2.05, 4.69) is 36.1 Å². The molecular weight excluding hydrogens is 384 g/mol. The van der Waals surface area contributed by atoms with Gasteiger partial charge in [0.2, 0.25) is 0 Å². The number of hydrogen-bond acceptors (Lipinski definition) is 6. The number of aryl methyl sites for hydroxylation is 2. The van der Waals surface area contributed by atoms with E-state index in [1.807, 2.05) is 31.4 Å². The van der Waals surface area contributed by atoms with Crippen LogP contribution in [0.5, 0.6) is 10.9 Å². The highest BCUT2D eigenvalue weighted by Crippen LogP contribution is 2.24. The highest BCUT2D eigenvalue weighted by Gasteiger charge is 2.08. The lowest BCUT2D eigenvalue weighted by Gasteiger charge is -2.13. The zero-order valence-corrected chi connectivity index (χ0v) is 19.0. The lowest BCUT2D eigenvalue weighted by Crippen LogP contribution is -2.01. The molecule has 5 nitrogen and oxygen atoms in total. The van der Waals surface area contributed by atoms with Crippen molar-refractivity contribution in [3.05, 3.63) is 52.0 Å². The molecular formula is C23H32N2O3S. The molecule has 1 heterocycles. The third kappa shape index (κ3) is 7.54. The van der Waals surface area contributed by atoms with Gasteiger partial charge in [-0.05, 0) is 82.2 Å². The fourth-order valence-corrected chi connectivity index (χ4v) is 3.82. The summed E-state index contributed by atoms with van der Waals surface area (Å²) < 4.78 is 11.5. The van der Waals surface area contributed by atoms with E-state index in [1.54, 1.807) is 0 Å². The van der Waals surface area contributed by atoms with Gasteiger partial charge in [0.25, 0.3) is 5.19 Å². The first-order valence-corrected chi connectivity index (χ1v) is 10.9. The number of aromatic nitrogens is 1. The molecule has 0 saturated carbocycles. The summed E-state index contributed by atoms with van der Waals surface area (Å²) in [6.07, 6.45) is 8.39. The van der Waals surface area contributed by atoms with Crippen LogP contribution < -0.4 is 9.47 Å². The smallest absolute Gasteiger partial charge is 0.273 e. The molecule has 2 rings (SSSR count). The summed E-state index contributed by atoms with van der Waals surface area (Å²) in [6, 6.07) is 4.29. The predicted octanol–water partition coefficient (Wildman–Crippen LogP) is 5.88. The zero-order valence-electron chi connectivity index (χ0n) is 18.2. The normalized spacial score (nSPS) is 11.8. The van der Waals surface area contributed by atoms with Gasteiger partial charge in [0.05, 0.1) is 6.61 Å². The summed E-state index contributed by atoms with van der Waals surface area (Å²) in [5.41, 5.74) is 5.60. The average Bonchev–Trinajstić information content (AvgIpc) is 3.16. The summed E-state index contributed by atoms with van der Waals surface area (Å²) >= 11 is 1.49. The fraction of sp³-hybridized carbons (Fsp3) is 0.478. The number of thiazole rings is 1. The van der Waals surface area contributed by atoms with Crippen LogP contribution in [-0.2, 0) is 11.3 Å². The van der Waals surface area contributed by atoms with E-state index in [4.69, 9.17) is 14.3 Å². The van der Waals surface area contributed by atoms with E-state index in [0.717, 1.165) is 42.8 Å². The number of nitrogens with zero attached hydrogens (tertiary/aromatic N) is 2. The lowest BCUT2D eigenvalue weighted by molar-refractivity contribution is 0.213. The van der Waals surface area contributed by atoms with E-state index in [0.29, 0.717) is 18.4 Å². The summed E-state index contributed by atoms with van der Waals surface area (Å²) in [5, 5.41) is 6.51. The first-order valence-electron chi connectivity index (χ1n) is 10.1. The molecule has 0 bridgehead atoms. The SMILES string of the molecule is C/C=C/COc1cc(C)c(CCCCCOc2nc(/C(C)=N/OC)cs2)c(C)c1. The molecule has 0 amide bonds. The molecule has 6 heteroatoms. The molecule has 0 radical (unpaired) electrons. The van der Waals surface area contributed by atoms with Gasteiger partial charge in [-0.3, -0.25) is 0 Å². The summed E-state index contributed by atoms with van der Waals surface area (Å²) in [4.78, 5) is 9.20. The summed E-state index contributed by atoms with van der Waals surface area (Å²) in [5.74, 6) is 0.948. The van der Waals surface area contributed by atoms with Crippen molar-refractivity contribution < 1.29 is 14.3 Å². The molecule has 0 aliphatic carbocycles. The van der Waals surface area contributed by atoms with Gasteiger partial charge in [0.1, 0.15) is 30.9 Å². The van der Waals surface area contributed by atoms with Crippen molar-refractivity contribution in [1.29, 1.82) is 0 Å². The molecule has 0 spiro atoms. The van der Waals surface area contributed by atoms with Crippen molar-refractivity contribution in [2.75, 3.05) is 20.3 Å². The Hall–Kier alpha value is -2.34. The monoisotopic (exact) mass is 416 g/mol. The van der Waals surface area contributed by atoms with Crippen molar-refractivity contribution in [3.63, 3.8) is 0 Å². The van der Waals surface area contributed by atoms with Gasteiger partial charge in [0.15, 0.2) is 0 Å². The molecule has 1 aromatic heterocycles. The Morgan fingerprint density at radius 2 is 1.90 bits per heavy atom. The largest absolute Gasteiger partial charge is 0.490 e. The first kappa shape index (κ1) is 22.9. The highest BCUT2D eigenvalue weighted by atomic mass is 32.1. The van der Waals surface area contributed by atoms with Crippen LogP contribution in [0.4, 0.5) is 0 Å². The second-order valence-electron chi connectivity index (χ2n) is 6.93. The van der Waals surface area contributed by atoms with Crippen LogP contribution in [0.1, 0.15) is 55.5 Å². The van der Waals surface area contributed by atoms with Gasteiger partial charge in [-0.2, -0.15) is 0 Å². The quantitative estimate of drug-likeness (QED) is 0.188. The van der Waals surface area contributed by atoms with Crippen LogP contribution in [0.3, 0.4) is 0 Å². The molecule has 0 fully saturated rings. The molecule has 0 aliphatic rings.